The predicted molar refractivity (Wildman–Crippen MR) is 88.0 cm³/mol. The van der Waals surface area contributed by atoms with E-state index in [1.807, 2.05) is 0 Å². The highest BCUT2D eigenvalue weighted by Crippen LogP contribution is 2.24. The van der Waals surface area contributed by atoms with Crippen LogP contribution >= 0.6 is 43.5 Å². The monoisotopic (exact) mass is 414 g/mol. The molecule has 2 aromatic carbocycles. The average Bonchev–Trinajstić information content (AvgIpc) is 2.46. The number of hydrogen-bond acceptors (Lipinski definition) is 2. The maximum Gasteiger partial charge on any atom is 0.208 e. The largest absolute Gasteiger partial charge is 0.506 e. The van der Waals surface area contributed by atoms with Gasteiger partial charge in [-0.2, -0.15) is 0 Å². The molecule has 0 aliphatic rings. The van der Waals surface area contributed by atoms with Gasteiger partial charge in [-0.25, -0.2) is 0 Å². The molecule has 0 aliphatic heterocycles. The Kier molecular flexibility index (Phi) is 5.02. The third-order valence-corrected chi connectivity index (χ3v) is 4.04. The van der Waals surface area contributed by atoms with Crippen LogP contribution in [0.2, 0.25) is 0 Å². The quantitative estimate of drug-likeness (QED) is 0.404. The summed E-state index contributed by atoms with van der Waals surface area (Å²) in [5.74, 6) is -0.647. The second kappa shape index (κ2) is 6.57. The first kappa shape index (κ1) is 15.3. The third kappa shape index (κ3) is 3.51. The zero-order valence-corrected chi connectivity index (χ0v) is 14.0. The normalized spacial score (nSPS) is 11.9. The van der Waals surface area contributed by atoms with E-state index in [1.54, 1.807) is 48.5 Å². The van der Waals surface area contributed by atoms with E-state index in [0.29, 0.717) is 11.1 Å². The lowest BCUT2D eigenvalue weighted by Crippen LogP contribution is -2.01. The summed E-state index contributed by atoms with van der Waals surface area (Å²) in [7, 11) is 0. The van der Waals surface area contributed by atoms with Crippen LogP contribution in [-0.4, -0.2) is 10.9 Å². The Bertz CT molecular complexity index is 661. The van der Waals surface area contributed by atoms with Gasteiger partial charge in [-0.15, -0.1) is 0 Å². The summed E-state index contributed by atoms with van der Waals surface area (Å²) in [5, 5.41) is 9.87. The molecule has 2 rings (SSSR count). The van der Waals surface area contributed by atoms with Crippen molar-refractivity contribution >= 4 is 55.0 Å². The van der Waals surface area contributed by atoms with Gasteiger partial charge in [0.15, 0.2) is 0 Å². The smallest absolute Gasteiger partial charge is 0.208 e. The molecule has 102 valence electrons. The van der Waals surface area contributed by atoms with Crippen LogP contribution in [0.15, 0.2) is 62.5 Å². The summed E-state index contributed by atoms with van der Waals surface area (Å²) in [4.78, 5) is 12.2. The van der Waals surface area contributed by atoms with Crippen molar-refractivity contribution in [3.63, 3.8) is 0 Å². The van der Waals surface area contributed by atoms with E-state index in [0.717, 1.165) is 8.95 Å². The Labute approximate surface area is 138 Å². The minimum absolute atomic E-state index is 0.199. The zero-order valence-electron chi connectivity index (χ0n) is 10.1. The first-order chi connectivity index (χ1) is 9.49. The van der Waals surface area contributed by atoms with E-state index in [1.165, 1.54) is 0 Å². The minimum atomic E-state index is -0.417. The van der Waals surface area contributed by atoms with Crippen molar-refractivity contribution in [3.8, 4) is 0 Å². The van der Waals surface area contributed by atoms with Crippen LogP contribution in [0.25, 0.3) is 5.76 Å². The van der Waals surface area contributed by atoms with Crippen LogP contribution in [0.1, 0.15) is 15.9 Å². The number of carbonyl (C=O) groups excluding carboxylic acids is 1. The molecule has 0 saturated carbocycles. The second-order valence-corrected chi connectivity index (χ2v) is 6.21. The van der Waals surface area contributed by atoms with Crippen molar-refractivity contribution in [1.82, 2.24) is 0 Å². The fraction of sp³-hybridized carbons (Fsp3) is 0. The van der Waals surface area contributed by atoms with Gasteiger partial charge in [0.2, 0.25) is 5.78 Å². The topological polar surface area (TPSA) is 37.3 Å². The molecule has 1 N–H and O–H groups in total. The first-order valence-corrected chi connectivity index (χ1v) is 7.60. The van der Waals surface area contributed by atoms with Gasteiger partial charge in [0.1, 0.15) is 10.8 Å². The number of aliphatic hydroxyl groups is 1. The molecular formula is C15H9Br2ClO2. The van der Waals surface area contributed by atoms with Gasteiger partial charge >= 0.3 is 0 Å². The Morgan fingerprint density at radius 3 is 1.70 bits per heavy atom. The van der Waals surface area contributed by atoms with Crippen LogP contribution in [0, 0.1) is 0 Å². The number of hydrogen-bond donors (Lipinski definition) is 1. The summed E-state index contributed by atoms with van der Waals surface area (Å²) in [6.45, 7) is 0. The molecule has 5 heteroatoms. The van der Waals surface area contributed by atoms with E-state index in [-0.39, 0.29) is 10.8 Å². The number of rotatable bonds is 3. The van der Waals surface area contributed by atoms with Gasteiger partial charge in [-0.05, 0) is 36.4 Å². The van der Waals surface area contributed by atoms with Crippen molar-refractivity contribution < 1.29 is 9.90 Å². The summed E-state index contributed by atoms with van der Waals surface area (Å²) in [5.41, 5.74) is 0.908. The molecule has 0 radical (unpaired) electrons. The van der Waals surface area contributed by atoms with E-state index in [9.17, 15) is 9.90 Å². The number of halogens is 3. The molecule has 0 aromatic heterocycles. The fourth-order valence-electron chi connectivity index (χ4n) is 1.57. The molecule has 0 spiro atoms. The van der Waals surface area contributed by atoms with E-state index >= 15 is 0 Å². The highest BCUT2D eigenvalue weighted by atomic mass is 79.9. The van der Waals surface area contributed by atoms with Crippen molar-refractivity contribution in [2.24, 2.45) is 0 Å². The molecule has 0 unspecified atom stereocenters. The second-order valence-electron chi connectivity index (χ2n) is 4.01. The number of Topliss-reactive ketones (excluding diaryl/α,β-unsaturated/α-hetero) is 1. The van der Waals surface area contributed by atoms with E-state index in [2.05, 4.69) is 31.9 Å². The van der Waals surface area contributed by atoms with Gasteiger partial charge in [-0.1, -0.05) is 55.6 Å². The van der Waals surface area contributed by atoms with Gasteiger partial charge in [0.25, 0.3) is 0 Å². The molecule has 0 saturated heterocycles. The van der Waals surface area contributed by atoms with Crippen molar-refractivity contribution in [3.05, 3.63) is 73.6 Å². The number of allylic oxidation sites excluding steroid dienone is 1. The Morgan fingerprint density at radius 1 is 0.850 bits per heavy atom. The lowest BCUT2D eigenvalue weighted by atomic mass is 10.1. The molecular weight excluding hydrogens is 407 g/mol. The lowest BCUT2D eigenvalue weighted by Gasteiger charge is -2.05. The maximum absolute atomic E-state index is 12.2. The third-order valence-electron chi connectivity index (χ3n) is 2.63. The van der Waals surface area contributed by atoms with Gasteiger partial charge < -0.3 is 5.11 Å². The molecule has 2 nitrogen and oxygen atoms in total. The van der Waals surface area contributed by atoms with Gasteiger partial charge in [0.05, 0.1) is 0 Å². The molecule has 0 atom stereocenters. The number of carbonyl (C=O) groups is 1. The number of aliphatic hydroxyl groups excluding tert-OH is 1. The fourth-order valence-corrected chi connectivity index (χ4v) is 2.32. The maximum atomic E-state index is 12.2. The van der Waals surface area contributed by atoms with Crippen LogP contribution < -0.4 is 0 Å². The number of ketones is 1. The molecule has 0 aliphatic carbocycles. The highest BCUT2D eigenvalue weighted by Gasteiger charge is 2.16. The van der Waals surface area contributed by atoms with Crippen molar-refractivity contribution in [2.75, 3.05) is 0 Å². The van der Waals surface area contributed by atoms with Crippen LogP contribution in [0.3, 0.4) is 0 Å². The van der Waals surface area contributed by atoms with Crippen molar-refractivity contribution in [2.45, 2.75) is 0 Å². The molecule has 0 heterocycles. The van der Waals surface area contributed by atoms with E-state index in [4.69, 9.17) is 11.6 Å². The minimum Gasteiger partial charge on any atom is -0.506 e. The number of benzene rings is 2. The lowest BCUT2D eigenvalue weighted by molar-refractivity contribution is 0.104. The predicted octanol–water partition coefficient (Wildman–Crippen LogP) is 5.56. The van der Waals surface area contributed by atoms with Gasteiger partial charge in [-0.3, -0.25) is 4.79 Å². The van der Waals surface area contributed by atoms with Crippen molar-refractivity contribution in [1.29, 1.82) is 0 Å². The molecule has 0 fully saturated rings. The average molecular weight is 416 g/mol. The molecule has 2 aromatic rings. The molecule has 0 amide bonds. The van der Waals surface area contributed by atoms with E-state index < -0.39 is 5.78 Å². The van der Waals surface area contributed by atoms with Crippen LogP contribution in [0.5, 0.6) is 0 Å². The summed E-state index contributed by atoms with van der Waals surface area (Å²) >= 11 is 12.6. The van der Waals surface area contributed by atoms with Crippen LogP contribution in [0.4, 0.5) is 0 Å². The standard InChI is InChI=1S/C15H9Br2ClO2/c16-11-5-1-9(2-6-11)14(19)13(18)15(20)10-3-7-12(17)8-4-10/h1-8,19H. The van der Waals surface area contributed by atoms with Gasteiger partial charge in [0, 0.05) is 20.1 Å². The van der Waals surface area contributed by atoms with Crippen LogP contribution in [-0.2, 0) is 0 Å². The molecule has 0 bridgehead atoms. The zero-order chi connectivity index (χ0) is 14.7. The SMILES string of the molecule is O=C(C(Cl)=C(O)c1ccc(Br)cc1)c1ccc(Br)cc1. The Balaban J connectivity index is 2.35. The Hall–Kier alpha value is -1.10. The first-order valence-electron chi connectivity index (χ1n) is 5.64. The summed E-state index contributed by atoms with van der Waals surface area (Å²) in [6, 6.07) is 13.7. The summed E-state index contributed by atoms with van der Waals surface area (Å²) in [6.07, 6.45) is 0. The molecule has 20 heavy (non-hydrogen) atoms. The highest BCUT2D eigenvalue weighted by molar-refractivity contribution is 9.10. The Morgan fingerprint density at radius 2 is 1.25 bits per heavy atom. The summed E-state index contributed by atoms with van der Waals surface area (Å²) < 4.78 is 1.75.